The van der Waals surface area contributed by atoms with Gasteiger partial charge in [-0.1, -0.05) is 59.6 Å². The normalized spacial score (nSPS) is 12.9. The van der Waals surface area contributed by atoms with E-state index < -0.39 is 40.1 Å². The molecule has 0 spiro atoms. The highest BCUT2D eigenvalue weighted by Crippen LogP contribution is 2.29. The molecule has 0 saturated carbocycles. The second-order valence-corrected chi connectivity index (χ2v) is 10.3. The first kappa shape index (κ1) is 27.9. The molecule has 0 heterocycles. The van der Waals surface area contributed by atoms with Crippen LogP contribution in [0.15, 0.2) is 53.4 Å². The minimum Gasteiger partial charge on any atom is -0.446 e. The van der Waals surface area contributed by atoms with Gasteiger partial charge in [-0.05, 0) is 30.6 Å². The molecule has 0 saturated heterocycles. The van der Waals surface area contributed by atoms with Crippen LogP contribution >= 0.6 is 35.0 Å². The van der Waals surface area contributed by atoms with Crippen molar-refractivity contribution in [1.29, 1.82) is 0 Å². The number of hydrogen-bond acceptors (Lipinski definition) is 7. The summed E-state index contributed by atoms with van der Waals surface area (Å²) in [5.41, 5.74) is 0.290. The van der Waals surface area contributed by atoms with Crippen LogP contribution < -0.4 is 15.4 Å². The molecule has 3 amide bonds. The molecule has 34 heavy (non-hydrogen) atoms. The SMILES string of the molecule is CNC(=O)NC(=O)[C@H](OC(=O)[C@@H](CCSC)NS(=O)(=O)c1c(Cl)cccc1Cl)c1ccccc1. The van der Waals surface area contributed by atoms with E-state index in [2.05, 4.69) is 15.4 Å². The molecule has 0 aliphatic carbocycles. The Labute approximate surface area is 212 Å². The third-order valence-electron chi connectivity index (χ3n) is 4.42. The smallest absolute Gasteiger partial charge is 0.325 e. The Balaban J connectivity index is 2.34. The molecule has 13 heteroatoms. The van der Waals surface area contributed by atoms with Gasteiger partial charge in [0.2, 0.25) is 16.1 Å². The number of hydrogen-bond donors (Lipinski definition) is 3. The largest absolute Gasteiger partial charge is 0.446 e. The summed E-state index contributed by atoms with van der Waals surface area (Å²) in [5, 5.41) is 4.05. The van der Waals surface area contributed by atoms with E-state index in [1.807, 2.05) is 0 Å². The summed E-state index contributed by atoms with van der Waals surface area (Å²) in [5.74, 6) is -1.51. The minimum atomic E-state index is -4.33. The van der Waals surface area contributed by atoms with Gasteiger partial charge in [0.15, 0.2) is 0 Å². The molecule has 2 atom stereocenters. The number of urea groups is 1. The van der Waals surface area contributed by atoms with Gasteiger partial charge in [-0.25, -0.2) is 13.2 Å². The summed E-state index contributed by atoms with van der Waals surface area (Å²) in [6.45, 7) is 0. The summed E-state index contributed by atoms with van der Waals surface area (Å²) in [6.07, 6.45) is 0.335. The number of benzene rings is 2. The van der Waals surface area contributed by atoms with Crippen molar-refractivity contribution in [3.8, 4) is 0 Å². The highest BCUT2D eigenvalue weighted by atomic mass is 35.5. The van der Waals surface area contributed by atoms with Crippen LogP contribution in [0.2, 0.25) is 10.0 Å². The van der Waals surface area contributed by atoms with Crippen molar-refractivity contribution in [3.05, 3.63) is 64.1 Å². The van der Waals surface area contributed by atoms with E-state index in [1.165, 1.54) is 49.1 Å². The van der Waals surface area contributed by atoms with Gasteiger partial charge in [-0.3, -0.25) is 14.9 Å². The van der Waals surface area contributed by atoms with Crippen LogP contribution in [0.3, 0.4) is 0 Å². The van der Waals surface area contributed by atoms with E-state index in [0.717, 1.165) is 0 Å². The first-order chi connectivity index (χ1) is 16.1. The maximum absolute atomic E-state index is 13.1. The van der Waals surface area contributed by atoms with Gasteiger partial charge in [0.1, 0.15) is 10.9 Å². The quantitative estimate of drug-likeness (QED) is 0.389. The number of sulfonamides is 1. The van der Waals surface area contributed by atoms with Crippen molar-refractivity contribution >= 4 is 62.9 Å². The fourth-order valence-electron chi connectivity index (χ4n) is 2.79. The number of imide groups is 1. The van der Waals surface area contributed by atoms with Crippen molar-refractivity contribution in [3.63, 3.8) is 0 Å². The zero-order valence-corrected chi connectivity index (χ0v) is 21.4. The second-order valence-electron chi connectivity index (χ2n) is 6.80. The monoisotopic (exact) mass is 547 g/mol. The van der Waals surface area contributed by atoms with Crippen LogP contribution in [0, 0.1) is 0 Å². The second kappa shape index (κ2) is 13.0. The van der Waals surface area contributed by atoms with E-state index in [4.69, 9.17) is 27.9 Å². The Morgan fingerprint density at radius 3 is 2.21 bits per heavy atom. The van der Waals surface area contributed by atoms with Crippen molar-refractivity contribution < 1.29 is 27.5 Å². The van der Waals surface area contributed by atoms with Crippen molar-refractivity contribution in [2.75, 3.05) is 19.1 Å². The summed E-state index contributed by atoms with van der Waals surface area (Å²) < 4.78 is 33.7. The van der Waals surface area contributed by atoms with Crippen molar-refractivity contribution in [1.82, 2.24) is 15.4 Å². The molecule has 2 aromatic rings. The Morgan fingerprint density at radius 1 is 1.03 bits per heavy atom. The summed E-state index contributed by atoms with van der Waals surface area (Å²) in [4.78, 5) is 37.0. The number of esters is 1. The lowest BCUT2D eigenvalue weighted by Crippen LogP contribution is -2.45. The molecule has 3 N–H and O–H groups in total. The molecule has 0 fully saturated rings. The molecular weight excluding hydrogens is 525 g/mol. The van der Waals surface area contributed by atoms with Crippen LogP contribution in [-0.4, -0.2) is 51.4 Å². The Bertz CT molecular complexity index is 1110. The van der Waals surface area contributed by atoms with Crippen LogP contribution in [0.1, 0.15) is 18.1 Å². The standard InChI is InChI=1S/C21H23Cl2N3O6S2/c1-24-21(29)25-19(27)17(13-7-4-3-5-8-13)32-20(28)16(11-12-33-2)26-34(30,31)18-14(22)9-6-10-15(18)23/h3-10,16-17,26H,11-12H2,1-2H3,(H2,24,25,27,29)/t16-,17-/m1/s1. The van der Waals surface area contributed by atoms with Gasteiger partial charge in [-0.15, -0.1) is 0 Å². The van der Waals surface area contributed by atoms with Crippen LogP contribution in [0.4, 0.5) is 4.79 Å². The first-order valence-electron chi connectivity index (χ1n) is 9.84. The Kier molecular flexibility index (Phi) is 10.6. The maximum atomic E-state index is 13.1. The molecule has 0 radical (unpaired) electrons. The molecule has 0 aliphatic rings. The van der Waals surface area contributed by atoms with Gasteiger partial charge in [0.05, 0.1) is 10.0 Å². The molecule has 0 unspecified atom stereocenters. The molecule has 0 aromatic heterocycles. The molecule has 0 aliphatic heterocycles. The van der Waals surface area contributed by atoms with Gasteiger partial charge in [0, 0.05) is 12.6 Å². The van der Waals surface area contributed by atoms with Gasteiger partial charge >= 0.3 is 12.0 Å². The lowest BCUT2D eigenvalue weighted by atomic mass is 10.1. The number of amides is 3. The Hall–Kier alpha value is -2.31. The number of nitrogens with one attached hydrogen (secondary N) is 3. The third-order valence-corrected chi connectivity index (χ3v) is 7.49. The van der Waals surface area contributed by atoms with E-state index in [9.17, 15) is 22.8 Å². The highest BCUT2D eigenvalue weighted by Gasteiger charge is 2.33. The van der Waals surface area contributed by atoms with E-state index in [0.29, 0.717) is 5.75 Å². The predicted octanol–water partition coefficient (Wildman–Crippen LogP) is 3.13. The Morgan fingerprint density at radius 2 is 1.65 bits per heavy atom. The zero-order valence-electron chi connectivity index (χ0n) is 18.2. The number of halogens is 2. The lowest BCUT2D eigenvalue weighted by Gasteiger charge is -2.22. The van der Waals surface area contributed by atoms with Crippen LogP contribution in [0.5, 0.6) is 0 Å². The predicted molar refractivity (Wildman–Crippen MR) is 131 cm³/mol. The van der Waals surface area contributed by atoms with Crippen molar-refractivity contribution in [2.45, 2.75) is 23.5 Å². The number of ether oxygens (including phenoxy) is 1. The summed E-state index contributed by atoms with van der Waals surface area (Å²) in [7, 11) is -3.01. The van der Waals surface area contributed by atoms with Gasteiger partial charge < -0.3 is 10.1 Å². The minimum absolute atomic E-state index is 0.0554. The molecule has 2 rings (SSSR count). The van der Waals surface area contributed by atoms with E-state index >= 15 is 0 Å². The fourth-order valence-corrected chi connectivity index (χ4v) is 5.62. The summed E-state index contributed by atoms with van der Waals surface area (Å²) >= 11 is 13.5. The number of rotatable bonds is 10. The van der Waals surface area contributed by atoms with Crippen LogP contribution in [0.25, 0.3) is 0 Å². The van der Waals surface area contributed by atoms with E-state index in [1.54, 1.807) is 24.5 Å². The third kappa shape index (κ3) is 7.60. The molecule has 9 nitrogen and oxygen atoms in total. The zero-order chi connectivity index (χ0) is 25.3. The van der Waals surface area contributed by atoms with Crippen molar-refractivity contribution in [2.24, 2.45) is 0 Å². The fraction of sp³-hybridized carbons (Fsp3) is 0.286. The highest BCUT2D eigenvalue weighted by molar-refractivity contribution is 7.98. The van der Waals surface area contributed by atoms with Gasteiger partial charge in [-0.2, -0.15) is 16.5 Å². The summed E-state index contributed by atoms with van der Waals surface area (Å²) in [6, 6.07) is 10.0. The topological polar surface area (TPSA) is 131 Å². The van der Waals surface area contributed by atoms with E-state index in [-0.39, 0.29) is 26.9 Å². The number of carbonyl (C=O) groups is 3. The number of carbonyl (C=O) groups excluding carboxylic acids is 3. The maximum Gasteiger partial charge on any atom is 0.325 e. The molecular formula is C21H23Cl2N3O6S2. The lowest BCUT2D eigenvalue weighted by molar-refractivity contribution is -0.157. The van der Waals surface area contributed by atoms with Crippen LogP contribution in [-0.2, 0) is 24.3 Å². The van der Waals surface area contributed by atoms with Gasteiger partial charge in [0.25, 0.3) is 5.91 Å². The molecule has 0 bridgehead atoms. The average molecular weight is 548 g/mol. The average Bonchev–Trinajstić information content (AvgIpc) is 2.80. The molecule has 2 aromatic carbocycles. The number of thioether (sulfide) groups is 1. The molecule has 184 valence electrons. The first-order valence-corrected chi connectivity index (χ1v) is 13.5.